The first-order valence-corrected chi connectivity index (χ1v) is 6.94. The summed E-state index contributed by atoms with van der Waals surface area (Å²) in [6.07, 6.45) is 5.31. The van der Waals surface area contributed by atoms with Crippen LogP contribution in [0.25, 0.3) is 0 Å². The van der Waals surface area contributed by atoms with Gasteiger partial charge in [-0.25, -0.2) is 0 Å². The monoisotopic (exact) mass is 255 g/mol. The van der Waals surface area contributed by atoms with E-state index in [-0.39, 0.29) is 11.2 Å². The lowest BCUT2D eigenvalue weighted by atomic mass is 10.2. The van der Waals surface area contributed by atoms with Gasteiger partial charge in [-0.1, -0.05) is 6.92 Å². The zero-order chi connectivity index (χ0) is 12.8. The van der Waals surface area contributed by atoms with Crippen LogP contribution in [0.3, 0.4) is 0 Å². The van der Waals surface area contributed by atoms with Crippen LogP contribution in [0.1, 0.15) is 23.7 Å². The minimum absolute atomic E-state index is 0.0709. The lowest BCUT2D eigenvalue weighted by Gasteiger charge is -2.10. The van der Waals surface area contributed by atoms with Crippen LogP contribution in [-0.2, 0) is 10.8 Å². The molecule has 1 aromatic heterocycles. The molecule has 0 radical (unpaired) electrons. The second-order valence-corrected chi connectivity index (χ2v) is 5.62. The predicted octanol–water partition coefficient (Wildman–Crippen LogP) is 0.551. The Labute approximate surface area is 103 Å². The Morgan fingerprint density at radius 1 is 1.65 bits per heavy atom. The van der Waals surface area contributed by atoms with Crippen molar-refractivity contribution in [3.63, 3.8) is 0 Å². The number of nitrogens with zero attached hydrogens (tertiary/aromatic N) is 1. The van der Waals surface area contributed by atoms with Gasteiger partial charge < -0.3 is 11.1 Å². The van der Waals surface area contributed by atoms with Crippen LogP contribution in [0.15, 0.2) is 18.5 Å². The molecule has 94 valence electrons. The molecule has 1 heterocycles. The van der Waals surface area contributed by atoms with Crippen molar-refractivity contribution in [2.75, 3.05) is 18.5 Å². The van der Waals surface area contributed by atoms with Crippen molar-refractivity contribution < 1.29 is 9.00 Å². The number of nitrogens with one attached hydrogen (secondary N) is 1. The summed E-state index contributed by atoms with van der Waals surface area (Å²) in [4.78, 5) is 15.6. The number of carbonyl (C=O) groups is 1. The summed E-state index contributed by atoms with van der Waals surface area (Å²) in [7, 11) is -0.862. The molecule has 0 aliphatic carbocycles. The summed E-state index contributed by atoms with van der Waals surface area (Å²) in [5.74, 6) is -0.246. The lowest BCUT2D eigenvalue weighted by molar-refractivity contribution is 0.0954. The number of nitrogens with two attached hydrogens (primary N) is 1. The normalized spacial score (nSPS) is 14.0. The van der Waals surface area contributed by atoms with Crippen molar-refractivity contribution in [2.24, 2.45) is 0 Å². The highest BCUT2D eigenvalue weighted by Gasteiger charge is 2.10. The Morgan fingerprint density at radius 2 is 2.35 bits per heavy atom. The van der Waals surface area contributed by atoms with E-state index in [9.17, 15) is 9.00 Å². The quantitative estimate of drug-likeness (QED) is 0.804. The van der Waals surface area contributed by atoms with E-state index in [4.69, 9.17) is 5.73 Å². The fourth-order valence-electron chi connectivity index (χ4n) is 1.25. The summed E-state index contributed by atoms with van der Waals surface area (Å²) in [6.45, 7) is 2.37. The molecular formula is C11H17N3O2S. The van der Waals surface area contributed by atoms with E-state index in [2.05, 4.69) is 10.3 Å². The zero-order valence-electron chi connectivity index (χ0n) is 9.97. The molecule has 0 fully saturated rings. The van der Waals surface area contributed by atoms with E-state index < -0.39 is 10.8 Å². The highest BCUT2D eigenvalue weighted by Crippen LogP contribution is 2.08. The standard InChI is InChI=1S/C11H17N3O2S/c1-8(17(2)16)3-6-14-11(15)9-7-13-5-4-10(9)12/h4-5,7-8H,3,6H2,1-2H3,(H2,12,13)(H,14,15). The molecule has 5 nitrogen and oxygen atoms in total. The largest absolute Gasteiger partial charge is 0.398 e. The van der Waals surface area contributed by atoms with Gasteiger partial charge in [-0.15, -0.1) is 0 Å². The minimum Gasteiger partial charge on any atom is -0.398 e. The Hall–Kier alpha value is -1.43. The Balaban J connectivity index is 2.46. The summed E-state index contributed by atoms with van der Waals surface area (Å²) in [6, 6.07) is 1.58. The summed E-state index contributed by atoms with van der Waals surface area (Å²) >= 11 is 0. The molecule has 0 aromatic carbocycles. The van der Waals surface area contributed by atoms with E-state index in [1.165, 1.54) is 12.4 Å². The SMILES string of the molecule is CC(CCNC(=O)c1cnccc1N)S(C)=O. The van der Waals surface area contributed by atoms with Crippen molar-refractivity contribution in [1.82, 2.24) is 10.3 Å². The fourth-order valence-corrected chi connectivity index (χ4v) is 1.69. The van der Waals surface area contributed by atoms with Crippen LogP contribution in [-0.4, -0.2) is 33.2 Å². The third-order valence-corrected chi connectivity index (χ3v) is 3.87. The van der Waals surface area contributed by atoms with Crippen LogP contribution in [0, 0.1) is 0 Å². The lowest BCUT2D eigenvalue weighted by Crippen LogP contribution is -2.28. The van der Waals surface area contributed by atoms with E-state index in [0.29, 0.717) is 24.2 Å². The molecule has 0 bridgehead atoms. The van der Waals surface area contributed by atoms with Crippen LogP contribution < -0.4 is 11.1 Å². The zero-order valence-corrected chi connectivity index (χ0v) is 10.8. The van der Waals surface area contributed by atoms with Crippen molar-refractivity contribution >= 4 is 22.4 Å². The van der Waals surface area contributed by atoms with Gasteiger partial charge in [0.15, 0.2) is 0 Å². The highest BCUT2D eigenvalue weighted by atomic mass is 32.2. The van der Waals surface area contributed by atoms with E-state index in [0.717, 1.165) is 0 Å². The summed E-state index contributed by atoms with van der Waals surface area (Å²) < 4.78 is 11.1. The van der Waals surface area contributed by atoms with Crippen molar-refractivity contribution in [3.05, 3.63) is 24.0 Å². The maximum Gasteiger partial charge on any atom is 0.254 e. The molecule has 17 heavy (non-hydrogen) atoms. The number of hydrogen-bond donors (Lipinski definition) is 2. The van der Waals surface area contributed by atoms with E-state index >= 15 is 0 Å². The molecule has 1 aromatic rings. The first kappa shape index (κ1) is 13.6. The minimum atomic E-state index is -0.862. The average molecular weight is 255 g/mol. The molecule has 1 amide bonds. The molecule has 2 atom stereocenters. The Kier molecular flexibility index (Phi) is 5.09. The third kappa shape index (κ3) is 4.14. The maximum absolute atomic E-state index is 11.7. The van der Waals surface area contributed by atoms with Crippen LogP contribution in [0.5, 0.6) is 0 Å². The van der Waals surface area contributed by atoms with Gasteiger partial charge in [-0.2, -0.15) is 0 Å². The van der Waals surface area contributed by atoms with Gasteiger partial charge in [0.1, 0.15) is 0 Å². The third-order valence-electron chi connectivity index (χ3n) is 2.50. The number of hydrogen-bond acceptors (Lipinski definition) is 4. The molecule has 0 saturated heterocycles. The molecule has 0 aliphatic heterocycles. The van der Waals surface area contributed by atoms with E-state index in [1.807, 2.05) is 6.92 Å². The Bertz CT molecular complexity index is 423. The van der Waals surface area contributed by atoms with Gasteiger partial charge in [-0.3, -0.25) is 14.0 Å². The highest BCUT2D eigenvalue weighted by molar-refractivity contribution is 7.84. The summed E-state index contributed by atoms with van der Waals surface area (Å²) in [5, 5.41) is 2.80. The predicted molar refractivity (Wildman–Crippen MR) is 69.1 cm³/mol. The van der Waals surface area contributed by atoms with Crippen LogP contribution in [0.4, 0.5) is 5.69 Å². The van der Waals surface area contributed by atoms with Gasteiger partial charge in [-0.05, 0) is 12.5 Å². The molecular weight excluding hydrogens is 238 g/mol. The Morgan fingerprint density at radius 3 is 2.94 bits per heavy atom. The number of anilines is 1. The first-order valence-electron chi connectivity index (χ1n) is 5.32. The van der Waals surface area contributed by atoms with Crippen LogP contribution >= 0.6 is 0 Å². The van der Waals surface area contributed by atoms with Gasteiger partial charge in [0.25, 0.3) is 5.91 Å². The summed E-state index contributed by atoms with van der Waals surface area (Å²) in [5.41, 5.74) is 6.43. The number of rotatable bonds is 5. The number of nitrogen functional groups attached to an aromatic ring is 1. The molecule has 2 unspecified atom stereocenters. The van der Waals surface area contributed by atoms with E-state index in [1.54, 1.807) is 12.3 Å². The van der Waals surface area contributed by atoms with Gasteiger partial charge >= 0.3 is 0 Å². The average Bonchev–Trinajstić information content (AvgIpc) is 2.29. The number of pyridine rings is 1. The second-order valence-electron chi connectivity index (χ2n) is 3.82. The smallest absolute Gasteiger partial charge is 0.254 e. The van der Waals surface area contributed by atoms with Gasteiger partial charge in [0.2, 0.25) is 0 Å². The molecule has 0 saturated carbocycles. The molecule has 6 heteroatoms. The van der Waals surface area contributed by atoms with Crippen molar-refractivity contribution in [2.45, 2.75) is 18.6 Å². The molecule has 0 aliphatic rings. The van der Waals surface area contributed by atoms with Crippen molar-refractivity contribution in [1.29, 1.82) is 0 Å². The molecule has 1 rings (SSSR count). The number of amides is 1. The van der Waals surface area contributed by atoms with Crippen LogP contribution in [0.2, 0.25) is 0 Å². The van der Waals surface area contributed by atoms with Crippen molar-refractivity contribution in [3.8, 4) is 0 Å². The number of carbonyl (C=O) groups excluding carboxylic acids is 1. The van der Waals surface area contributed by atoms with Gasteiger partial charge in [0, 0.05) is 46.9 Å². The molecule has 0 spiro atoms. The van der Waals surface area contributed by atoms with Gasteiger partial charge in [0.05, 0.1) is 5.56 Å². The first-order chi connectivity index (χ1) is 8.02. The molecule has 3 N–H and O–H groups in total. The topological polar surface area (TPSA) is 85.1 Å². The fraction of sp³-hybridized carbons (Fsp3) is 0.455. The maximum atomic E-state index is 11.7. The number of aromatic nitrogens is 1. The second kappa shape index (κ2) is 6.34.